The highest BCUT2D eigenvalue weighted by molar-refractivity contribution is 6.31. The number of nitrogens with zero attached hydrogens (tertiary/aromatic N) is 4. The van der Waals surface area contributed by atoms with E-state index in [9.17, 15) is 4.39 Å². The Balaban J connectivity index is 1.63. The summed E-state index contributed by atoms with van der Waals surface area (Å²) < 4.78 is 16.2. The zero-order valence-corrected chi connectivity index (χ0v) is 15.4. The number of guanidine groups is 1. The predicted molar refractivity (Wildman–Crippen MR) is 98.2 cm³/mol. The average Bonchev–Trinajstić information content (AvgIpc) is 3.01. The lowest BCUT2D eigenvalue weighted by atomic mass is 10.2. The van der Waals surface area contributed by atoms with Crippen LogP contribution in [-0.4, -0.2) is 34.5 Å². The van der Waals surface area contributed by atoms with Gasteiger partial charge in [-0.25, -0.2) is 9.37 Å². The summed E-state index contributed by atoms with van der Waals surface area (Å²) in [5, 5.41) is 3.71. The van der Waals surface area contributed by atoms with Crippen LogP contribution >= 0.6 is 11.6 Å². The lowest BCUT2D eigenvalue weighted by Crippen LogP contribution is -2.38. The summed E-state index contributed by atoms with van der Waals surface area (Å²) in [6.45, 7) is 1.97. The van der Waals surface area contributed by atoms with E-state index in [1.165, 1.54) is 18.9 Å². The lowest BCUT2D eigenvalue weighted by Gasteiger charge is -2.22. The molecule has 1 aliphatic heterocycles. The SMILES string of the molecule is CN=C(NCc1cn2c(n1)CCCC2)N(C)Cc1c(F)cccc1Cl. The summed E-state index contributed by atoms with van der Waals surface area (Å²) in [6.07, 6.45) is 5.56. The zero-order valence-electron chi connectivity index (χ0n) is 14.6. The van der Waals surface area contributed by atoms with Gasteiger partial charge in [0.05, 0.1) is 12.2 Å². The monoisotopic (exact) mass is 363 g/mol. The molecule has 1 aromatic heterocycles. The van der Waals surface area contributed by atoms with Crippen LogP contribution in [0.4, 0.5) is 4.39 Å². The Morgan fingerprint density at radius 3 is 3.00 bits per heavy atom. The van der Waals surface area contributed by atoms with Crippen molar-refractivity contribution >= 4 is 17.6 Å². The molecule has 0 saturated heterocycles. The number of aromatic nitrogens is 2. The van der Waals surface area contributed by atoms with Crippen LogP contribution in [0.15, 0.2) is 29.4 Å². The molecule has 7 heteroatoms. The maximum Gasteiger partial charge on any atom is 0.194 e. The first-order valence-corrected chi connectivity index (χ1v) is 8.86. The number of aryl methyl sites for hydroxylation is 2. The molecule has 1 aliphatic rings. The van der Waals surface area contributed by atoms with Crippen LogP contribution in [0.2, 0.25) is 5.02 Å². The van der Waals surface area contributed by atoms with E-state index in [4.69, 9.17) is 11.6 Å². The van der Waals surface area contributed by atoms with Crippen LogP contribution in [0.5, 0.6) is 0 Å². The third kappa shape index (κ3) is 4.12. The molecule has 0 unspecified atom stereocenters. The van der Waals surface area contributed by atoms with Crippen molar-refractivity contribution in [2.45, 2.75) is 38.9 Å². The number of hydrogen-bond acceptors (Lipinski definition) is 2. The third-order valence-electron chi connectivity index (χ3n) is 4.42. The minimum Gasteiger partial charge on any atom is -0.351 e. The van der Waals surface area contributed by atoms with Crippen LogP contribution in [0.1, 0.15) is 29.9 Å². The first-order chi connectivity index (χ1) is 12.1. The van der Waals surface area contributed by atoms with E-state index in [2.05, 4.69) is 26.1 Å². The lowest BCUT2D eigenvalue weighted by molar-refractivity contribution is 0.460. The Morgan fingerprint density at radius 2 is 2.28 bits per heavy atom. The normalized spacial score (nSPS) is 14.3. The molecule has 0 atom stereocenters. The number of nitrogens with one attached hydrogen (secondary N) is 1. The molecule has 0 spiro atoms. The molecule has 2 heterocycles. The molecule has 1 N–H and O–H groups in total. The molecule has 0 saturated carbocycles. The van der Waals surface area contributed by atoms with Crippen molar-refractivity contribution in [1.82, 2.24) is 19.8 Å². The minimum absolute atomic E-state index is 0.309. The Morgan fingerprint density at radius 1 is 1.44 bits per heavy atom. The highest BCUT2D eigenvalue weighted by Crippen LogP contribution is 2.20. The molecule has 0 amide bonds. The van der Waals surface area contributed by atoms with Crippen molar-refractivity contribution in [1.29, 1.82) is 0 Å². The Labute approximate surface area is 152 Å². The largest absolute Gasteiger partial charge is 0.351 e. The number of benzene rings is 1. The van der Waals surface area contributed by atoms with Crippen LogP contribution in [0.3, 0.4) is 0 Å². The van der Waals surface area contributed by atoms with Gasteiger partial charge in [-0.3, -0.25) is 4.99 Å². The average molecular weight is 364 g/mol. The number of rotatable bonds is 4. The Bertz CT molecular complexity index is 727. The first kappa shape index (κ1) is 17.7. The van der Waals surface area contributed by atoms with Gasteiger partial charge in [0.1, 0.15) is 11.6 Å². The van der Waals surface area contributed by atoms with Gasteiger partial charge >= 0.3 is 0 Å². The standard InChI is InChI=1S/C18H23ClFN5/c1-21-18(24(2)12-14-15(19)6-5-7-16(14)20)22-10-13-11-25-9-4-3-8-17(25)23-13/h5-7,11H,3-4,8-10,12H2,1-2H3,(H,21,22). The van der Waals surface area contributed by atoms with Gasteiger partial charge in [-0.2, -0.15) is 0 Å². The quantitative estimate of drug-likeness (QED) is 0.670. The predicted octanol–water partition coefficient (Wildman–Crippen LogP) is 3.22. The summed E-state index contributed by atoms with van der Waals surface area (Å²) in [7, 11) is 3.57. The maximum atomic E-state index is 14.0. The summed E-state index contributed by atoms with van der Waals surface area (Å²) in [6, 6.07) is 4.72. The maximum absolute atomic E-state index is 14.0. The van der Waals surface area contributed by atoms with E-state index in [0.29, 0.717) is 29.6 Å². The number of hydrogen-bond donors (Lipinski definition) is 1. The Kier molecular flexibility index (Phi) is 5.58. The van der Waals surface area contributed by atoms with Crippen molar-refractivity contribution < 1.29 is 4.39 Å². The van der Waals surface area contributed by atoms with E-state index in [1.54, 1.807) is 19.2 Å². The molecule has 2 aromatic rings. The number of aliphatic imine (C=N–C) groups is 1. The van der Waals surface area contributed by atoms with Crippen molar-refractivity contribution in [3.8, 4) is 0 Å². The zero-order chi connectivity index (χ0) is 17.8. The van der Waals surface area contributed by atoms with E-state index >= 15 is 0 Å². The topological polar surface area (TPSA) is 45.5 Å². The highest BCUT2D eigenvalue weighted by Gasteiger charge is 2.15. The number of halogens is 2. The van der Waals surface area contributed by atoms with Gasteiger partial charge in [-0.1, -0.05) is 17.7 Å². The van der Waals surface area contributed by atoms with Gasteiger partial charge in [0.2, 0.25) is 0 Å². The smallest absolute Gasteiger partial charge is 0.194 e. The second-order valence-electron chi connectivity index (χ2n) is 6.26. The first-order valence-electron chi connectivity index (χ1n) is 8.48. The molecular weight excluding hydrogens is 341 g/mol. The van der Waals surface area contributed by atoms with E-state index in [0.717, 1.165) is 24.5 Å². The molecule has 5 nitrogen and oxygen atoms in total. The van der Waals surface area contributed by atoms with Crippen molar-refractivity contribution in [2.75, 3.05) is 14.1 Å². The van der Waals surface area contributed by atoms with Crippen LogP contribution in [0, 0.1) is 5.82 Å². The summed E-state index contributed by atoms with van der Waals surface area (Å²) in [5.41, 5.74) is 1.46. The van der Waals surface area contributed by atoms with Gasteiger partial charge in [0.15, 0.2) is 5.96 Å². The minimum atomic E-state index is -0.309. The van der Waals surface area contributed by atoms with E-state index in [1.807, 2.05) is 11.9 Å². The fourth-order valence-electron chi connectivity index (χ4n) is 3.11. The van der Waals surface area contributed by atoms with Gasteiger partial charge in [-0.15, -0.1) is 0 Å². The second-order valence-corrected chi connectivity index (χ2v) is 6.66. The summed E-state index contributed by atoms with van der Waals surface area (Å²) >= 11 is 6.11. The van der Waals surface area contributed by atoms with Crippen LogP contribution < -0.4 is 5.32 Å². The van der Waals surface area contributed by atoms with Crippen LogP contribution in [0.25, 0.3) is 0 Å². The molecule has 0 bridgehead atoms. The second kappa shape index (κ2) is 7.87. The molecular formula is C18H23ClFN5. The van der Waals surface area contributed by atoms with Gasteiger partial charge in [-0.05, 0) is 25.0 Å². The van der Waals surface area contributed by atoms with Crippen molar-refractivity contribution in [3.63, 3.8) is 0 Å². The fourth-order valence-corrected chi connectivity index (χ4v) is 3.33. The van der Waals surface area contributed by atoms with Crippen molar-refractivity contribution in [3.05, 3.63) is 52.3 Å². The number of fused-ring (bicyclic) bond motifs is 1. The van der Waals surface area contributed by atoms with Gasteiger partial charge < -0.3 is 14.8 Å². The van der Waals surface area contributed by atoms with Gasteiger partial charge in [0, 0.05) is 50.4 Å². The van der Waals surface area contributed by atoms with Gasteiger partial charge in [0.25, 0.3) is 0 Å². The Hall–Kier alpha value is -2.08. The highest BCUT2D eigenvalue weighted by atomic mass is 35.5. The summed E-state index contributed by atoms with van der Waals surface area (Å²) in [5.74, 6) is 1.52. The molecule has 0 aliphatic carbocycles. The van der Waals surface area contributed by atoms with E-state index in [-0.39, 0.29) is 5.82 Å². The van der Waals surface area contributed by atoms with E-state index < -0.39 is 0 Å². The van der Waals surface area contributed by atoms with Crippen molar-refractivity contribution in [2.24, 2.45) is 4.99 Å². The molecule has 0 radical (unpaired) electrons. The molecule has 134 valence electrons. The third-order valence-corrected chi connectivity index (χ3v) is 4.77. The van der Waals surface area contributed by atoms with Crippen LogP contribution in [-0.2, 0) is 26.1 Å². The number of imidazole rings is 1. The molecule has 3 rings (SSSR count). The fraction of sp³-hybridized carbons (Fsp3) is 0.444. The summed E-state index contributed by atoms with van der Waals surface area (Å²) in [4.78, 5) is 10.8. The molecule has 1 aromatic carbocycles. The molecule has 0 fully saturated rings. The molecule has 25 heavy (non-hydrogen) atoms.